The first-order valence-corrected chi connectivity index (χ1v) is 10.2. The summed E-state index contributed by atoms with van der Waals surface area (Å²) in [5.41, 5.74) is 13.8. The number of allylic oxidation sites excluding steroid dienone is 1. The molecule has 0 radical (unpaired) electrons. The molecule has 0 spiro atoms. The van der Waals surface area contributed by atoms with Crippen molar-refractivity contribution < 1.29 is 4.74 Å². The Morgan fingerprint density at radius 2 is 2.14 bits per heavy atom. The first-order valence-electron chi connectivity index (χ1n) is 10.2. The first kappa shape index (κ1) is 20.2. The van der Waals surface area contributed by atoms with E-state index in [1.807, 2.05) is 6.07 Å². The Kier molecular flexibility index (Phi) is 6.22. The third kappa shape index (κ3) is 3.98. The molecule has 150 valence electrons. The van der Waals surface area contributed by atoms with Crippen molar-refractivity contribution in [1.82, 2.24) is 0 Å². The van der Waals surface area contributed by atoms with Gasteiger partial charge in [-0.25, -0.2) is 4.99 Å². The quantitative estimate of drug-likeness (QED) is 0.566. The van der Waals surface area contributed by atoms with Crippen LogP contribution in [-0.4, -0.2) is 31.6 Å². The van der Waals surface area contributed by atoms with Gasteiger partial charge in [0.2, 0.25) is 5.88 Å². The third-order valence-corrected chi connectivity index (χ3v) is 5.70. The summed E-state index contributed by atoms with van der Waals surface area (Å²) in [5.74, 6) is 1.19. The van der Waals surface area contributed by atoms with E-state index in [1.54, 1.807) is 0 Å². The van der Waals surface area contributed by atoms with Crippen LogP contribution in [0.15, 0.2) is 40.2 Å². The van der Waals surface area contributed by atoms with Crippen LogP contribution in [0.25, 0.3) is 0 Å². The summed E-state index contributed by atoms with van der Waals surface area (Å²) in [5, 5.41) is 7.85. The van der Waals surface area contributed by atoms with Crippen LogP contribution in [0.5, 0.6) is 0 Å². The zero-order valence-corrected chi connectivity index (χ0v) is 17.5. The molecule has 5 nitrogen and oxygen atoms in total. The van der Waals surface area contributed by atoms with Crippen molar-refractivity contribution >= 4 is 23.3 Å². The summed E-state index contributed by atoms with van der Waals surface area (Å²) in [6, 6.07) is 3.95. The summed E-state index contributed by atoms with van der Waals surface area (Å²) < 4.78 is 5.82. The molecule has 2 heterocycles. The smallest absolute Gasteiger partial charge is 0.209 e. The van der Waals surface area contributed by atoms with Gasteiger partial charge in [0.25, 0.3) is 0 Å². The molecule has 3 rings (SSSR count). The van der Waals surface area contributed by atoms with E-state index < -0.39 is 0 Å². The lowest BCUT2D eigenvalue weighted by Gasteiger charge is -2.37. The van der Waals surface area contributed by atoms with Crippen LogP contribution in [0.1, 0.15) is 51.2 Å². The van der Waals surface area contributed by atoms with Gasteiger partial charge in [-0.3, -0.25) is 0 Å². The number of nitrogen functional groups attached to an aromatic ring is 1. The molecular formula is C23H32N4O. The lowest BCUT2D eigenvalue weighted by Crippen LogP contribution is -2.36. The van der Waals surface area contributed by atoms with Gasteiger partial charge in [0, 0.05) is 36.3 Å². The van der Waals surface area contributed by atoms with Gasteiger partial charge in [0.1, 0.15) is 0 Å². The summed E-state index contributed by atoms with van der Waals surface area (Å²) in [6.07, 6.45) is 6.37. The fourth-order valence-electron chi connectivity index (χ4n) is 4.14. The second-order valence-corrected chi connectivity index (χ2v) is 7.78. The molecule has 1 unspecified atom stereocenters. The van der Waals surface area contributed by atoms with E-state index in [1.165, 1.54) is 17.4 Å². The van der Waals surface area contributed by atoms with E-state index in [2.05, 4.69) is 44.7 Å². The first-order chi connectivity index (χ1) is 13.5. The SMILES string of the molecule is CCCOC1=C\CC(C)C2=C(CCN(c3c(C)ccc(N)c3C=N)C2)/C(C)=N\1. The maximum Gasteiger partial charge on any atom is 0.209 e. The van der Waals surface area contributed by atoms with E-state index >= 15 is 0 Å². The van der Waals surface area contributed by atoms with Gasteiger partial charge in [-0.1, -0.05) is 19.9 Å². The van der Waals surface area contributed by atoms with Gasteiger partial charge in [0.15, 0.2) is 0 Å². The number of hydrogen-bond donors (Lipinski definition) is 2. The standard InChI is InChI=1S/C23H32N4O/c1-5-12-28-22-9-7-15(2)20-14-27(11-10-18(20)17(4)26-22)23-16(3)6-8-21(25)19(23)13-24/h6,8-9,13,15,24H,5,7,10-12,14,25H2,1-4H3/b22-9-,24-13?,26-17-. The fourth-order valence-corrected chi connectivity index (χ4v) is 4.14. The van der Waals surface area contributed by atoms with Crippen molar-refractivity contribution in [2.24, 2.45) is 10.9 Å². The summed E-state index contributed by atoms with van der Waals surface area (Å²) in [4.78, 5) is 7.16. The zero-order chi connectivity index (χ0) is 20.3. The number of benzene rings is 1. The molecule has 1 atom stereocenters. The van der Waals surface area contributed by atoms with Crippen LogP contribution in [0.3, 0.4) is 0 Å². The number of hydrogen-bond acceptors (Lipinski definition) is 5. The monoisotopic (exact) mass is 380 g/mol. The van der Waals surface area contributed by atoms with E-state index in [0.717, 1.165) is 60.8 Å². The topological polar surface area (TPSA) is 74.7 Å². The lowest BCUT2D eigenvalue weighted by atomic mass is 9.85. The van der Waals surface area contributed by atoms with Crippen LogP contribution in [0, 0.1) is 18.3 Å². The molecular weight excluding hydrogens is 348 g/mol. The Morgan fingerprint density at radius 1 is 1.36 bits per heavy atom. The second-order valence-electron chi connectivity index (χ2n) is 7.78. The number of nitrogens with zero attached hydrogens (tertiary/aromatic N) is 2. The Labute approximate surface area is 168 Å². The zero-order valence-electron chi connectivity index (χ0n) is 17.5. The van der Waals surface area contributed by atoms with Gasteiger partial charge >= 0.3 is 0 Å². The lowest BCUT2D eigenvalue weighted by molar-refractivity contribution is 0.209. The molecule has 3 N–H and O–H groups in total. The highest BCUT2D eigenvalue weighted by atomic mass is 16.5. The molecule has 0 aromatic heterocycles. The average molecular weight is 381 g/mol. The normalized spacial score (nSPS) is 23.7. The minimum absolute atomic E-state index is 0.424. The highest BCUT2D eigenvalue weighted by molar-refractivity contribution is 6.00. The maximum absolute atomic E-state index is 7.85. The molecule has 1 aromatic rings. The Balaban J connectivity index is 1.95. The highest BCUT2D eigenvalue weighted by Crippen LogP contribution is 2.36. The van der Waals surface area contributed by atoms with Gasteiger partial charge < -0.3 is 20.8 Å². The Morgan fingerprint density at radius 3 is 2.86 bits per heavy atom. The summed E-state index contributed by atoms with van der Waals surface area (Å²) >= 11 is 0. The predicted molar refractivity (Wildman–Crippen MR) is 119 cm³/mol. The molecule has 5 heteroatoms. The number of nitrogens with two attached hydrogens (primary N) is 1. The molecule has 28 heavy (non-hydrogen) atoms. The van der Waals surface area contributed by atoms with Crippen LogP contribution in [0.2, 0.25) is 0 Å². The number of aliphatic imine (C=N–C) groups is 1. The fraction of sp³-hybridized carbons (Fsp3) is 0.478. The highest BCUT2D eigenvalue weighted by Gasteiger charge is 2.27. The molecule has 2 aliphatic rings. The molecule has 0 amide bonds. The summed E-state index contributed by atoms with van der Waals surface area (Å²) in [7, 11) is 0. The van der Waals surface area contributed by atoms with Gasteiger partial charge in [-0.2, -0.15) is 0 Å². The van der Waals surface area contributed by atoms with Crippen molar-refractivity contribution in [2.45, 2.75) is 47.0 Å². The molecule has 0 saturated heterocycles. The Hall–Kier alpha value is -2.56. The van der Waals surface area contributed by atoms with Crippen molar-refractivity contribution in [2.75, 3.05) is 30.3 Å². The van der Waals surface area contributed by atoms with Gasteiger partial charge in [-0.15, -0.1) is 0 Å². The van der Waals surface area contributed by atoms with E-state index in [4.69, 9.17) is 20.9 Å². The third-order valence-electron chi connectivity index (χ3n) is 5.70. The molecule has 1 aromatic carbocycles. The summed E-state index contributed by atoms with van der Waals surface area (Å²) in [6.45, 7) is 11.1. The van der Waals surface area contributed by atoms with Crippen LogP contribution >= 0.6 is 0 Å². The number of rotatable bonds is 5. The minimum atomic E-state index is 0.424. The molecule has 0 bridgehead atoms. The van der Waals surface area contributed by atoms with Crippen molar-refractivity contribution in [3.63, 3.8) is 0 Å². The molecule has 0 aliphatic carbocycles. The van der Waals surface area contributed by atoms with Crippen LogP contribution < -0.4 is 10.6 Å². The predicted octanol–water partition coefficient (Wildman–Crippen LogP) is 4.85. The van der Waals surface area contributed by atoms with E-state index in [-0.39, 0.29) is 0 Å². The van der Waals surface area contributed by atoms with Gasteiger partial charge in [-0.05, 0) is 67.9 Å². The van der Waals surface area contributed by atoms with Crippen LogP contribution in [0.4, 0.5) is 11.4 Å². The maximum atomic E-state index is 7.85. The van der Waals surface area contributed by atoms with Gasteiger partial charge in [0.05, 0.1) is 12.3 Å². The average Bonchev–Trinajstić information content (AvgIpc) is 2.69. The molecule has 2 aliphatic heterocycles. The van der Waals surface area contributed by atoms with Crippen molar-refractivity contribution in [3.05, 3.63) is 46.4 Å². The molecule has 0 saturated carbocycles. The minimum Gasteiger partial charge on any atom is -0.478 e. The second kappa shape index (κ2) is 8.63. The van der Waals surface area contributed by atoms with Crippen molar-refractivity contribution in [3.8, 4) is 0 Å². The van der Waals surface area contributed by atoms with E-state index in [0.29, 0.717) is 18.2 Å². The number of aryl methyl sites for hydroxylation is 1. The molecule has 0 fully saturated rings. The van der Waals surface area contributed by atoms with Crippen molar-refractivity contribution in [1.29, 1.82) is 5.41 Å². The Bertz CT molecular complexity index is 850. The van der Waals surface area contributed by atoms with Crippen LogP contribution in [-0.2, 0) is 4.74 Å². The number of anilines is 2. The number of ether oxygens (including phenoxy) is 1. The largest absolute Gasteiger partial charge is 0.478 e. The van der Waals surface area contributed by atoms with E-state index in [9.17, 15) is 0 Å². The number of nitrogens with one attached hydrogen (secondary N) is 1.